The van der Waals surface area contributed by atoms with Gasteiger partial charge < -0.3 is 5.11 Å². The minimum atomic E-state index is -0.402. The summed E-state index contributed by atoms with van der Waals surface area (Å²) in [6, 6.07) is 20.5. The quantitative estimate of drug-likeness (QED) is 0.802. The van der Waals surface area contributed by atoms with Gasteiger partial charge in [0.25, 0.3) is 0 Å². The second-order valence-electron chi connectivity index (χ2n) is 4.91. The summed E-state index contributed by atoms with van der Waals surface area (Å²) in [4.78, 5) is 1.98. The van der Waals surface area contributed by atoms with Crippen LogP contribution < -0.4 is 0 Å². The van der Waals surface area contributed by atoms with Crippen molar-refractivity contribution in [3.63, 3.8) is 0 Å². The van der Waals surface area contributed by atoms with E-state index in [1.165, 1.54) is 11.1 Å². The van der Waals surface area contributed by atoms with Crippen molar-refractivity contribution in [2.75, 3.05) is 7.05 Å². The highest BCUT2D eigenvalue weighted by molar-refractivity contribution is 5.15. The van der Waals surface area contributed by atoms with Crippen molar-refractivity contribution < 1.29 is 5.11 Å². The Hall–Kier alpha value is -1.64. The molecule has 0 saturated heterocycles. The Labute approximate surface area is 115 Å². The lowest BCUT2D eigenvalue weighted by Gasteiger charge is -2.23. The first-order chi connectivity index (χ1) is 9.25. The molecule has 2 aromatic rings. The number of aliphatic hydroxyl groups is 1. The van der Waals surface area contributed by atoms with Gasteiger partial charge in [0, 0.05) is 6.54 Å². The molecule has 0 amide bonds. The molecule has 0 aromatic heterocycles. The van der Waals surface area contributed by atoms with E-state index < -0.39 is 6.23 Å². The second kappa shape index (κ2) is 7.07. The zero-order chi connectivity index (χ0) is 13.5. The van der Waals surface area contributed by atoms with Crippen LogP contribution in [-0.2, 0) is 13.0 Å². The van der Waals surface area contributed by atoms with E-state index in [9.17, 15) is 5.11 Å². The summed E-state index contributed by atoms with van der Waals surface area (Å²) < 4.78 is 0. The van der Waals surface area contributed by atoms with Crippen LogP contribution in [0.15, 0.2) is 60.7 Å². The summed E-state index contributed by atoms with van der Waals surface area (Å²) >= 11 is 0. The first-order valence-corrected chi connectivity index (χ1v) is 6.72. The largest absolute Gasteiger partial charge is 0.378 e. The third-order valence-corrected chi connectivity index (χ3v) is 3.32. The van der Waals surface area contributed by atoms with Gasteiger partial charge in [0.05, 0.1) is 0 Å². The summed E-state index contributed by atoms with van der Waals surface area (Å²) in [5.74, 6) is 0. The summed E-state index contributed by atoms with van der Waals surface area (Å²) in [6.07, 6.45) is 1.26. The zero-order valence-electron chi connectivity index (χ0n) is 11.4. The molecule has 0 aliphatic rings. The fourth-order valence-corrected chi connectivity index (χ4v) is 2.14. The van der Waals surface area contributed by atoms with Crippen LogP contribution in [-0.4, -0.2) is 23.3 Å². The van der Waals surface area contributed by atoms with Gasteiger partial charge in [-0.3, -0.25) is 4.90 Å². The predicted molar refractivity (Wildman–Crippen MR) is 78.7 cm³/mol. The third-order valence-electron chi connectivity index (χ3n) is 3.32. The molecule has 1 unspecified atom stereocenters. The number of hydrogen-bond acceptors (Lipinski definition) is 2. The normalized spacial score (nSPS) is 12.6. The second-order valence-corrected chi connectivity index (χ2v) is 4.91. The molecule has 2 nitrogen and oxygen atoms in total. The van der Waals surface area contributed by atoms with Crippen LogP contribution in [0.5, 0.6) is 0 Å². The molecule has 1 atom stereocenters. The molecule has 0 aliphatic heterocycles. The Bertz CT molecular complexity index is 469. The first kappa shape index (κ1) is 13.8. The van der Waals surface area contributed by atoms with E-state index in [1.807, 2.05) is 48.3 Å². The topological polar surface area (TPSA) is 23.5 Å². The van der Waals surface area contributed by atoms with Crippen molar-refractivity contribution in [1.82, 2.24) is 4.90 Å². The third kappa shape index (κ3) is 4.51. The fraction of sp³-hybridized carbons (Fsp3) is 0.294. The summed E-state index contributed by atoms with van der Waals surface area (Å²) in [6.45, 7) is 0.775. The summed E-state index contributed by atoms with van der Waals surface area (Å²) in [7, 11) is 1.96. The molecule has 0 spiro atoms. The minimum absolute atomic E-state index is 0.402. The highest BCUT2D eigenvalue weighted by Gasteiger charge is 2.11. The Morgan fingerprint density at radius 3 is 2.00 bits per heavy atom. The Balaban J connectivity index is 1.81. The van der Waals surface area contributed by atoms with Gasteiger partial charge in [-0.2, -0.15) is 0 Å². The van der Waals surface area contributed by atoms with Gasteiger partial charge in [0.15, 0.2) is 0 Å². The molecule has 1 N–H and O–H groups in total. The van der Waals surface area contributed by atoms with Crippen LogP contribution in [0.4, 0.5) is 0 Å². The average molecular weight is 255 g/mol. The zero-order valence-corrected chi connectivity index (χ0v) is 11.4. The van der Waals surface area contributed by atoms with E-state index >= 15 is 0 Å². The number of aliphatic hydroxyl groups excluding tert-OH is 1. The molecule has 2 rings (SSSR count). The van der Waals surface area contributed by atoms with E-state index in [0.717, 1.165) is 19.4 Å². The van der Waals surface area contributed by atoms with Gasteiger partial charge in [-0.05, 0) is 31.0 Å². The highest BCUT2D eigenvalue weighted by Crippen LogP contribution is 2.10. The van der Waals surface area contributed by atoms with E-state index in [4.69, 9.17) is 0 Å². The maximum absolute atomic E-state index is 10.2. The van der Waals surface area contributed by atoms with Crippen LogP contribution in [0.2, 0.25) is 0 Å². The van der Waals surface area contributed by atoms with Gasteiger partial charge in [0.2, 0.25) is 0 Å². The van der Waals surface area contributed by atoms with E-state index in [1.54, 1.807) is 0 Å². The smallest absolute Gasteiger partial charge is 0.107 e. The van der Waals surface area contributed by atoms with Crippen molar-refractivity contribution in [1.29, 1.82) is 0 Å². The number of nitrogens with zero attached hydrogens (tertiary/aromatic N) is 1. The number of hydrogen-bond donors (Lipinski definition) is 1. The summed E-state index contributed by atoms with van der Waals surface area (Å²) in [5.41, 5.74) is 2.50. The molecule has 0 heterocycles. The first-order valence-electron chi connectivity index (χ1n) is 6.72. The Morgan fingerprint density at radius 1 is 0.895 bits per heavy atom. The monoisotopic (exact) mass is 255 g/mol. The molecule has 2 heteroatoms. The Morgan fingerprint density at radius 2 is 1.42 bits per heavy atom. The minimum Gasteiger partial charge on any atom is -0.378 e. The van der Waals surface area contributed by atoms with Crippen LogP contribution in [0.3, 0.4) is 0 Å². The number of benzene rings is 2. The van der Waals surface area contributed by atoms with E-state index in [-0.39, 0.29) is 0 Å². The van der Waals surface area contributed by atoms with Gasteiger partial charge in [-0.25, -0.2) is 0 Å². The Kier molecular flexibility index (Phi) is 5.13. The molecular weight excluding hydrogens is 234 g/mol. The van der Waals surface area contributed by atoms with Gasteiger partial charge >= 0.3 is 0 Å². The molecule has 100 valence electrons. The molecule has 19 heavy (non-hydrogen) atoms. The van der Waals surface area contributed by atoms with Crippen LogP contribution in [0.1, 0.15) is 17.5 Å². The van der Waals surface area contributed by atoms with Crippen LogP contribution in [0.25, 0.3) is 0 Å². The molecular formula is C17H21NO. The molecule has 0 bridgehead atoms. The molecule has 2 aromatic carbocycles. The fourth-order valence-electron chi connectivity index (χ4n) is 2.14. The predicted octanol–water partition coefficient (Wildman–Crippen LogP) is 3.07. The summed E-state index contributed by atoms with van der Waals surface area (Å²) in [5, 5.41) is 10.2. The maximum atomic E-state index is 10.2. The van der Waals surface area contributed by atoms with Gasteiger partial charge in [-0.15, -0.1) is 0 Å². The SMILES string of the molecule is CN(Cc1ccccc1)C(O)CCc1ccccc1. The van der Waals surface area contributed by atoms with Crippen molar-refractivity contribution in [3.8, 4) is 0 Å². The van der Waals surface area contributed by atoms with Crippen LogP contribution in [0, 0.1) is 0 Å². The van der Waals surface area contributed by atoms with Crippen molar-refractivity contribution >= 4 is 0 Å². The van der Waals surface area contributed by atoms with E-state index in [2.05, 4.69) is 24.3 Å². The lowest BCUT2D eigenvalue weighted by Crippen LogP contribution is -2.31. The molecule has 0 fully saturated rings. The highest BCUT2D eigenvalue weighted by atomic mass is 16.3. The van der Waals surface area contributed by atoms with Gasteiger partial charge in [-0.1, -0.05) is 60.7 Å². The van der Waals surface area contributed by atoms with Crippen molar-refractivity contribution in [2.24, 2.45) is 0 Å². The van der Waals surface area contributed by atoms with Gasteiger partial charge in [0.1, 0.15) is 6.23 Å². The number of aryl methyl sites for hydroxylation is 1. The van der Waals surface area contributed by atoms with Crippen molar-refractivity contribution in [3.05, 3.63) is 71.8 Å². The van der Waals surface area contributed by atoms with Crippen LogP contribution >= 0.6 is 0 Å². The lowest BCUT2D eigenvalue weighted by molar-refractivity contribution is 0.0107. The van der Waals surface area contributed by atoms with E-state index in [0.29, 0.717) is 0 Å². The van der Waals surface area contributed by atoms with Crippen molar-refractivity contribution in [2.45, 2.75) is 25.6 Å². The molecule has 0 aliphatic carbocycles. The lowest BCUT2D eigenvalue weighted by atomic mass is 10.1. The standard InChI is InChI=1S/C17H21NO/c1-18(14-16-10-6-3-7-11-16)17(19)13-12-15-8-4-2-5-9-15/h2-11,17,19H,12-14H2,1H3. The molecule has 0 saturated carbocycles. The average Bonchev–Trinajstić information content (AvgIpc) is 2.47. The molecule has 0 radical (unpaired) electrons. The number of rotatable bonds is 6. The maximum Gasteiger partial charge on any atom is 0.107 e.